The highest BCUT2D eigenvalue weighted by atomic mass is 32.1. The molecule has 1 aromatic carbocycles. The molecule has 28 heavy (non-hydrogen) atoms. The Labute approximate surface area is 165 Å². The molecule has 3 aromatic rings. The Balaban J connectivity index is 0.000000604. The number of aromatic nitrogens is 3. The van der Waals surface area contributed by atoms with Crippen LogP contribution in [0.5, 0.6) is 0 Å². The molecule has 5 heterocycles. The van der Waals surface area contributed by atoms with Gasteiger partial charge in [-0.1, -0.05) is 6.07 Å². The Morgan fingerprint density at radius 1 is 1.25 bits per heavy atom. The topological polar surface area (TPSA) is 102 Å². The van der Waals surface area contributed by atoms with Gasteiger partial charge in [0.15, 0.2) is 5.69 Å². The van der Waals surface area contributed by atoms with Gasteiger partial charge in [0.05, 0.1) is 5.52 Å². The number of nitrogens with zero attached hydrogens (tertiary/aromatic N) is 4. The van der Waals surface area contributed by atoms with Crippen LogP contribution in [0.3, 0.4) is 0 Å². The van der Waals surface area contributed by atoms with Crippen molar-refractivity contribution in [1.29, 1.82) is 0 Å². The van der Waals surface area contributed by atoms with Crippen molar-refractivity contribution >= 4 is 34.6 Å². The van der Waals surface area contributed by atoms with Gasteiger partial charge in [0, 0.05) is 54.7 Å². The summed E-state index contributed by atoms with van der Waals surface area (Å²) >= 11 is 1.61. The fraction of sp³-hybridized carbons (Fsp3) is 0.368. The van der Waals surface area contributed by atoms with E-state index in [0.29, 0.717) is 11.7 Å². The molecule has 146 valence electrons. The van der Waals surface area contributed by atoms with E-state index in [1.54, 1.807) is 17.5 Å². The number of fused-ring (bicyclic) bond motifs is 5. The number of benzene rings is 1. The molecular formula is C19H21N5O3S. The molecule has 3 fully saturated rings. The highest BCUT2D eigenvalue weighted by Gasteiger charge is 2.33. The van der Waals surface area contributed by atoms with Crippen LogP contribution in [-0.2, 0) is 4.79 Å². The maximum Gasteiger partial charge on any atom is 0.290 e. The number of carbonyl (C=O) groups excluding carboxylic acids is 1. The quantitative estimate of drug-likeness (QED) is 0.641. The second-order valence-corrected chi connectivity index (χ2v) is 7.74. The van der Waals surface area contributed by atoms with E-state index in [-0.39, 0.29) is 12.4 Å². The molecule has 0 spiro atoms. The van der Waals surface area contributed by atoms with Crippen LogP contribution >= 0.6 is 11.3 Å². The van der Waals surface area contributed by atoms with Gasteiger partial charge in [-0.3, -0.25) is 14.7 Å². The average molecular weight is 399 g/mol. The summed E-state index contributed by atoms with van der Waals surface area (Å²) < 4.78 is 0. The number of carbonyl (C=O) groups is 2. The van der Waals surface area contributed by atoms with E-state index < -0.39 is 0 Å². The summed E-state index contributed by atoms with van der Waals surface area (Å²) in [6.45, 7) is 3.73. The second-order valence-electron chi connectivity index (χ2n) is 6.85. The van der Waals surface area contributed by atoms with Crippen molar-refractivity contribution in [3.05, 3.63) is 35.5 Å². The minimum atomic E-state index is -0.250. The molecule has 0 aliphatic carbocycles. The molecule has 0 atom stereocenters. The standard InChI is InChI=1S/C18H19N5OS.CH2O2/c24-18(23-9-8-22-6-3-13(23)4-7-22)16-14-2-1-12(11-15(14)20-21-16)17-19-5-10-25-17;2-1-3/h1-2,5,10-11,13H,3-4,6-9H2,(H,20,21);1H,(H,2,3). The highest BCUT2D eigenvalue weighted by Crippen LogP contribution is 2.28. The first-order valence-electron chi connectivity index (χ1n) is 9.20. The highest BCUT2D eigenvalue weighted by molar-refractivity contribution is 7.13. The zero-order valence-corrected chi connectivity index (χ0v) is 16.1. The molecule has 1 amide bonds. The molecule has 2 N–H and O–H groups in total. The van der Waals surface area contributed by atoms with E-state index in [1.165, 1.54) is 0 Å². The summed E-state index contributed by atoms with van der Waals surface area (Å²) in [7, 11) is 0. The molecule has 0 unspecified atom stereocenters. The van der Waals surface area contributed by atoms with Gasteiger partial charge in [0.1, 0.15) is 5.01 Å². The molecule has 3 aliphatic heterocycles. The fourth-order valence-electron chi connectivity index (χ4n) is 3.97. The minimum Gasteiger partial charge on any atom is -0.483 e. The van der Waals surface area contributed by atoms with Crippen molar-refractivity contribution in [1.82, 2.24) is 25.0 Å². The Kier molecular flexibility index (Phi) is 5.36. The second kappa shape index (κ2) is 8.07. The van der Waals surface area contributed by atoms with Crippen molar-refractivity contribution in [2.45, 2.75) is 18.9 Å². The lowest BCUT2D eigenvalue weighted by molar-refractivity contribution is -0.122. The van der Waals surface area contributed by atoms with Gasteiger partial charge in [0.2, 0.25) is 0 Å². The molecular weight excluding hydrogens is 378 g/mol. The van der Waals surface area contributed by atoms with E-state index >= 15 is 0 Å². The third-order valence-corrected chi connectivity index (χ3v) is 6.18. The van der Waals surface area contributed by atoms with E-state index in [9.17, 15) is 4.79 Å². The largest absolute Gasteiger partial charge is 0.483 e. The normalized spacial score (nSPS) is 21.1. The van der Waals surface area contributed by atoms with Crippen molar-refractivity contribution in [3.8, 4) is 10.6 Å². The third kappa shape index (κ3) is 3.50. The van der Waals surface area contributed by atoms with Crippen molar-refractivity contribution < 1.29 is 14.7 Å². The number of thiazole rings is 1. The van der Waals surface area contributed by atoms with Gasteiger partial charge in [-0.15, -0.1) is 11.3 Å². The summed E-state index contributed by atoms with van der Waals surface area (Å²) in [6, 6.07) is 6.39. The van der Waals surface area contributed by atoms with Crippen LogP contribution in [0.25, 0.3) is 21.5 Å². The Hall–Kier alpha value is -2.78. The molecule has 3 saturated heterocycles. The zero-order valence-electron chi connectivity index (χ0n) is 15.2. The first-order valence-corrected chi connectivity index (χ1v) is 10.1. The molecule has 0 saturated carbocycles. The predicted molar refractivity (Wildman–Crippen MR) is 106 cm³/mol. The van der Waals surface area contributed by atoms with Crippen LogP contribution in [-0.4, -0.2) is 74.7 Å². The summed E-state index contributed by atoms with van der Waals surface area (Å²) in [5.74, 6) is 0.0574. The summed E-state index contributed by atoms with van der Waals surface area (Å²) in [6.07, 6.45) is 3.95. The number of H-pyrrole nitrogens is 1. The van der Waals surface area contributed by atoms with E-state index in [4.69, 9.17) is 9.90 Å². The first-order chi connectivity index (χ1) is 13.7. The summed E-state index contributed by atoms with van der Waals surface area (Å²) in [5.41, 5.74) is 2.48. The minimum absolute atomic E-state index is 0.0574. The van der Waals surface area contributed by atoms with Crippen LogP contribution in [0.2, 0.25) is 0 Å². The van der Waals surface area contributed by atoms with E-state index in [0.717, 1.165) is 60.5 Å². The van der Waals surface area contributed by atoms with Gasteiger partial charge < -0.3 is 14.9 Å². The molecule has 2 bridgehead atoms. The molecule has 3 aliphatic rings. The lowest BCUT2D eigenvalue weighted by atomic mass is 10.0. The van der Waals surface area contributed by atoms with Crippen molar-refractivity contribution in [3.63, 3.8) is 0 Å². The van der Waals surface area contributed by atoms with Crippen LogP contribution < -0.4 is 0 Å². The van der Waals surface area contributed by atoms with Crippen molar-refractivity contribution in [2.24, 2.45) is 0 Å². The SMILES string of the molecule is O=C(c1n[nH]c2cc(-c3nccs3)ccc12)N1CCN2CCC1CC2.O=CO. The molecule has 0 radical (unpaired) electrons. The lowest BCUT2D eigenvalue weighted by Crippen LogP contribution is -2.41. The number of carboxylic acid groups (broad SMARTS) is 1. The van der Waals surface area contributed by atoms with Gasteiger partial charge in [-0.25, -0.2) is 4.98 Å². The van der Waals surface area contributed by atoms with Gasteiger partial charge >= 0.3 is 0 Å². The monoisotopic (exact) mass is 399 g/mol. The van der Waals surface area contributed by atoms with E-state index in [1.807, 2.05) is 28.5 Å². The predicted octanol–water partition coefficient (Wildman–Crippen LogP) is 2.31. The Bertz CT molecular complexity index is 963. The van der Waals surface area contributed by atoms with Gasteiger partial charge in [-0.2, -0.15) is 5.10 Å². The number of piperidine rings is 1. The van der Waals surface area contributed by atoms with E-state index in [2.05, 4.69) is 20.1 Å². The Morgan fingerprint density at radius 2 is 2.04 bits per heavy atom. The number of hydrogen-bond donors (Lipinski definition) is 2. The smallest absolute Gasteiger partial charge is 0.290 e. The zero-order chi connectivity index (χ0) is 19.5. The lowest BCUT2D eigenvalue weighted by Gasteiger charge is -2.31. The van der Waals surface area contributed by atoms with Crippen LogP contribution in [0.1, 0.15) is 23.3 Å². The summed E-state index contributed by atoms with van der Waals surface area (Å²) in [4.78, 5) is 30.3. The number of hydrogen-bond acceptors (Lipinski definition) is 6. The molecule has 8 nitrogen and oxygen atoms in total. The number of amides is 1. The molecule has 6 rings (SSSR count). The van der Waals surface area contributed by atoms with Crippen LogP contribution in [0, 0.1) is 0 Å². The van der Waals surface area contributed by atoms with Gasteiger partial charge in [0.25, 0.3) is 12.4 Å². The van der Waals surface area contributed by atoms with Crippen molar-refractivity contribution in [2.75, 3.05) is 26.2 Å². The molecule has 9 heteroatoms. The van der Waals surface area contributed by atoms with Gasteiger partial charge in [-0.05, 0) is 25.0 Å². The maximum absolute atomic E-state index is 13.1. The average Bonchev–Trinajstić information content (AvgIpc) is 3.30. The molecule has 2 aromatic heterocycles. The number of rotatable bonds is 2. The summed E-state index contributed by atoms with van der Waals surface area (Å²) in [5, 5.41) is 18.1. The fourth-order valence-corrected chi connectivity index (χ4v) is 4.61. The number of nitrogens with one attached hydrogen (secondary N) is 1. The van der Waals surface area contributed by atoms with Crippen LogP contribution in [0.15, 0.2) is 29.8 Å². The first kappa shape index (κ1) is 18.6. The number of aromatic amines is 1. The Morgan fingerprint density at radius 3 is 2.75 bits per heavy atom. The maximum atomic E-state index is 13.1. The van der Waals surface area contributed by atoms with Crippen LogP contribution in [0.4, 0.5) is 0 Å². The third-order valence-electron chi connectivity index (χ3n) is 5.36.